The number of aliphatic carboxylic acids is 1. The SMILES string of the molecule is Cn1cc2c(nc(NC(=O)Nc3ccc(CC(=O)OCCOCCOCCN)cc3)n3nc(-c4ccco4)nc23)n1.O=C(O)C(F)(F)F. The number of urea groups is 1. The maximum atomic E-state index is 12.8. The third-order valence-electron chi connectivity index (χ3n) is 5.96. The number of rotatable bonds is 13. The van der Waals surface area contributed by atoms with Gasteiger partial charge < -0.3 is 34.8 Å². The lowest BCUT2D eigenvalue weighted by Crippen LogP contribution is -2.22. The third kappa shape index (κ3) is 9.95. The number of anilines is 2. The summed E-state index contributed by atoms with van der Waals surface area (Å²) in [5.74, 6) is -2.20. The van der Waals surface area contributed by atoms with Crippen molar-refractivity contribution in [1.29, 1.82) is 0 Å². The van der Waals surface area contributed by atoms with Gasteiger partial charge >= 0.3 is 24.1 Å². The second kappa shape index (κ2) is 16.3. The minimum absolute atomic E-state index is 0.0857. The number of alkyl halides is 3. The molecular formula is C28H30F3N9O8. The Balaban J connectivity index is 0.000000671. The van der Waals surface area contributed by atoms with Gasteiger partial charge in [-0.1, -0.05) is 12.1 Å². The average Bonchev–Trinajstić information content (AvgIpc) is 3.79. The van der Waals surface area contributed by atoms with E-state index in [2.05, 4.69) is 30.8 Å². The Hall–Kier alpha value is -5.60. The number of nitrogens with two attached hydrogens (primary N) is 1. The van der Waals surface area contributed by atoms with Crippen LogP contribution in [0.3, 0.4) is 0 Å². The fraction of sp³-hybridized carbons (Fsp3) is 0.321. The topological polar surface area (TPSA) is 223 Å². The van der Waals surface area contributed by atoms with Crippen LogP contribution < -0.4 is 16.4 Å². The number of hydrogen-bond acceptors (Lipinski definition) is 12. The number of fused-ring (bicyclic) bond motifs is 3. The number of esters is 1. The summed E-state index contributed by atoms with van der Waals surface area (Å²) in [6, 6.07) is 9.74. The first-order valence-electron chi connectivity index (χ1n) is 14.1. The van der Waals surface area contributed by atoms with Crippen LogP contribution in [0.2, 0.25) is 0 Å². The molecule has 0 spiro atoms. The molecule has 4 heterocycles. The first-order valence-corrected chi connectivity index (χ1v) is 14.1. The number of carbonyl (C=O) groups excluding carboxylic acids is 2. The third-order valence-corrected chi connectivity index (χ3v) is 5.96. The average molecular weight is 678 g/mol. The number of amides is 2. The molecule has 5 N–H and O–H groups in total. The van der Waals surface area contributed by atoms with E-state index in [4.69, 9.17) is 34.3 Å². The summed E-state index contributed by atoms with van der Waals surface area (Å²) in [5.41, 5.74) is 7.43. The van der Waals surface area contributed by atoms with E-state index in [1.54, 1.807) is 54.3 Å². The zero-order valence-corrected chi connectivity index (χ0v) is 25.3. The molecule has 20 heteroatoms. The van der Waals surface area contributed by atoms with Gasteiger partial charge in [0.2, 0.25) is 11.8 Å². The van der Waals surface area contributed by atoms with Crippen LogP contribution in [0.4, 0.5) is 29.6 Å². The summed E-state index contributed by atoms with van der Waals surface area (Å²) in [4.78, 5) is 42.9. The van der Waals surface area contributed by atoms with Crippen LogP contribution in [0.1, 0.15) is 5.56 Å². The number of aromatic nitrogens is 6. The number of carboxylic acid groups (broad SMARTS) is 1. The van der Waals surface area contributed by atoms with Crippen molar-refractivity contribution in [3.8, 4) is 11.6 Å². The van der Waals surface area contributed by atoms with Crippen molar-refractivity contribution in [2.45, 2.75) is 12.6 Å². The standard InChI is InChI=1S/C26H29N9O6.C2HF3O2/c1-34-16-19-22(32-34)30-25(35-24(19)29-23(33-35)20-3-2-9-40-20)31-26(37)28-18-6-4-17(5-7-18)15-21(36)41-14-13-39-12-11-38-10-8-27;3-2(4,5)1(6)7/h2-7,9,16H,8,10-15,27H2,1H3,(H2,28,30,31,32,37);(H,6,7). The van der Waals surface area contributed by atoms with E-state index in [1.165, 1.54) is 10.8 Å². The molecule has 0 aliphatic carbocycles. The van der Waals surface area contributed by atoms with Gasteiger partial charge in [0.1, 0.15) is 6.61 Å². The second-order valence-electron chi connectivity index (χ2n) is 9.61. The molecule has 256 valence electrons. The lowest BCUT2D eigenvalue weighted by Gasteiger charge is -2.09. The van der Waals surface area contributed by atoms with E-state index in [9.17, 15) is 22.8 Å². The molecule has 17 nitrogen and oxygen atoms in total. The van der Waals surface area contributed by atoms with Gasteiger partial charge in [-0.2, -0.15) is 27.8 Å². The predicted molar refractivity (Wildman–Crippen MR) is 161 cm³/mol. The lowest BCUT2D eigenvalue weighted by atomic mass is 10.1. The Bertz CT molecular complexity index is 1820. The van der Waals surface area contributed by atoms with E-state index < -0.39 is 18.2 Å². The maximum Gasteiger partial charge on any atom is 0.490 e. The Morgan fingerprint density at radius 3 is 2.31 bits per heavy atom. The minimum Gasteiger partial charge on any atom is -0.475 e. The number of carbonyl (C=O) groups is 3. The number of carboxylic acids is 1. The summed E-state index contributed by atoms with van der Waals surface area (Å²) < 4.78 is 55.9. The van der Waals surface area contributed by atoms with Gasteiger partial charge in [0, 0.05) is 25.5 Å². The number of benzene rings is 1. The number of ether oxygens (including phenoxy) is 3. The minimum atomic E-state index is -5.08. The lowest BCUT2D eigenvalue weighted by molar-refractivity contribution is -0.192. The molecule has 5 rings (SSSR count). The highest BCUT2D eigenvalue weighted by atomic mass is 19.4. The largest absolute Gasteiger partial charge is 0.490 e. The smallest absolute Gasteiger partial charge is 0.475 e. The van der Waals surface area contributed by atoms with Crippen LogP contribution >= 0.6 is 0 Å². The zero-order chi connectivity index (χ0) is 34.7. The molecule has 0 atom stereocenters. The van der Waals surface area contributed by atoms with E-state index >= 15 is 0 Å². The van der Waals surface area contributed by atoms with Gasteiger partial charge in [-0.3, -0.25) is 14.8 Å². The molecule has 0 bridgehead atoms. The van der Waals surface area contributed by atoms with Crippen molar-refractivity contribution < 1.29 is 51.3 Å². The molecule has 4 aromatic heterocycles. The van der Waals surface area contributed by atoms with Crippen LogP contribution in [-0.4, -0.2) is 98.2 Å². The molecule has 0 saturated heterocycles. The van der Waals surface area contributed by atoms with Crippen molar-refractivity contribution in [2.75, 3.05) is 50.2 Å². The Morgan fingerprint density at radius 1 is 0.979 bits per heavy atom. The van der Waals surface area contributed by atoms with Crippen LogP contribution in [-0.2, 0) is 37.3 Å². The molecule has 0 aliphatic rings. The first kappa shape index (κ1) is 35.3. The highest BCUT2D eigenvalue weighted by Crippen LogP contribution is 2.24. The van der Waals surface area contributed by atoms with Crippen LogP contribution in [0.25, 0.3) is 28.3 Å². The maximum absolute atomic E-state index is 12.8. The molecule has 0 radical (unpaired) electrons. The van der Waals surface area contributed by atoms with Crippen molar-refractivity contribution in [3.05, 3.63) is 54.4 Å². The molecule has 5 aromatic rings. The number of furan rings is 1. The summed E-state index contributed by atoms with van der Waals surface area (Å²) in [7, 11) is 1.77. The molecule has 0 aliphatic heterocycles. The summed E-state index contributed by atoms with van der Waals surface area (Å²) in [5, 5.41) is 22.0. The number of hydrogen-bond donors (Lipinski definition) is 4. The fourth-order valence-corrected chi connectivity index (χ4v) is 3.90. The van der Waals surface area contributed by atoms with Gasteiger partial charge in [-0.05, 0) is 29.8 Å². The summed E-state index contributed by atoms with van der Waals surface area (Å²) >= 11 is 0. The molecular weight excluding hydrogens is 647 g/mol. The number of nitrogens with zero attached hydrogens (tertiary/aromatic N) is 6. The zero-order valence-electron chi connectivity index (χ0n) is 25.3. The summed E-state index contributed by atoms with van der Waals surface area (Å²) in [6.45, 7) is 2.22. The highest BCUT2D eigenvalue weighted by Gasteiger charge is 2.38. The van der Waals surface area contributed by atoms with Crippen LogP contribution in [0.15, 0.2) is 53.3 Å². The normalized spacial score (nSPS) is 11.3. The molecule has 48 heavy (non-hydrogen) atoms. The molecule has 1 aromatic carbocycles. The molecule has 0 unspecified atom stereocenters. The van der Waals surface area contributed by atoms with E-state index in [-0.39, 0.29) is 31.6 Å². The summed E-state index contributed by atoms with van der Waals surface area (Å²) in [6.07, 6.45) is -1.70. The molecule has 0 saturated carbocycles. The van der Waals surface area contributed by atoms with E-state index in [0.717, 1.165) is 5.56 Å². The van der Waals surface area contributed by atoms with Crippen molar-refractivity contribution in [2.24, 2.45) is 12.8 Å². The van der Waals surface area contributed by atoms with Crippen molar-refractivity contribution in [3.63, 3.8) is 0 Å². The predicted octanol–water partition coefficient (Wildman–Crippen LogP) is 2.63. The fourth-order valence-electron chi connectivity index (χ4n) is 3.90. The van der Waals surface area contributed by atoms with Crippen LogP contribution in [0, 0.1) is 0 Å². The Labute approximate surface area is 268 Å². The van der Waals surface area contributed by atoms with E-state index in [1.807, 2.05) is 0 Å². The van der Waals surface area contributed by atoms with Crippen LogP contribution in [0.5, 0.6) is 0 Å². The van der Waals surface area contributed by atoms with E-state index in [0.29, 0.717) is 60.3 Å². The number of nitrogens with one attached hydrogen (secondary N) is 2. The first-order chi connectivity index (χ1) is 22.9. The van der Waals surface area contributed by atoms with Gasteiger partial charge in [-0.25, -0.2) is 14.6 Å². The molecule has 0 fully saturated rings. The Kier molecular flexibility index (Phi) is 12.0. The number of aryl methyl sites for hydroxylation is 1. The monoisotopic (exact) mass is 677 g/mol. The van der Waals surface area contributed by atoms with Gasteiger partial charge in [-0.15, -0.1) is 5.10 Å². The molecule has 2 amide bonds. The van der Waals surface area contributed by atoms with Gasteiger partial charge in [0.15, 0.2) is 17.1 Å². The Morgan fingerprint density at radius 2 is 1.67 bits per heavy atom. The van der Waals surface area contributed by atoms with Crippen molar-refractivity contribution in [1.82, 2.24) is 29.4 Å². The van der Waals surface area contributed by atoms with Crippen molar-refractivity contribution >= 4 is 46.3 Å². The second-order valence-corrected chi connectivity index (χ2v) is 9.61. The quantitative estimate of drug-likeness (QED) is 0.104. The van der Waals surface area contributed by atoms with Gasteiger partial charge in [0.25, 0.3) is 0 Å². The van der Waals surface area contributed by atoms with Gasteiger partial charge in [0.05, 0.1) is 44.5 Å². The highest BCUT2D eigenvalue weighted by molar-refractivity contribution is 6.00. The number of halogens is 3.